The molecule has 3 saturated carbocycles. The number of nitrogens with zero attached hydrogens (tertiary/aromatic N) is 2. The van der Waals surface area contributed by atoms with E-state index in [9.17, 15) is 27.6 Å². The minimum absolute atomic E-state index is 0.0187. The number of anilines is 1. The van der Waals surface area contributed by atoms with E-state index < -0.39 is 68.0 Å². The third-order valence-corrected chi connectivity index (χ3v) is 12.4. The summed E-state index contributed by atoms with van der Waals surface area (Å²) in [4.78, 5) is 58.6. The van der Waals surface area contributed by atoms with Gasteiger partial charge in [-0.2, -0.15) is 0 Å². The first kappa shape index (κ1) is 37.2. The highest BCUT2D eigenvalue weighted by atomic mass is 32.2. The lowest BCUT2D eigenvalue weighted by Gasteiger charge is -2.35. The Morgan fingerprint density at radius 3 is 2.12 bits per heavy atom. The number of hydrogen-bond donors (Lipinski definition) is 3. The summed E-state index contributed by atoms with van der Waals surface area (Å²) in [6.45, 7) is 9.36. The highest BCUT2D eigenvalue weighted by Crippen LogP contribution is 2.45. The Kier molecular flexibility index (Phi) is 10.3. The highest BCUT2D eigenvalue weighted by molar-refractivity contribution is 7.91. The van der Waals surface area contributed by atoms with E-state index in [1.807, 2.05) is 74.2 Å². The van der Waals surface area contributed by atoms with Crippen LogP contribution in [0.4, 0.5) is 10.5 Å². The van der Waals surface area contributed by atoms with Crippen LogP contribution in [0.3, 0.4) is 0 Å². The molecule has 2 aromatic carbocycles. The number of benzene rings is 2. The quantitative estimate of drug-likeness (QED) is 0.273. The Hall–Kier alpha value is -4.59. The molecule has 4 fully saturated rings. The first-order valence-electron chi connectivity index (χ1n) is 17.9. The molecule has 0 bridgehead atoms. The molecule has 4 atom stereocenters. The summed E-state index contributed by atoms with van der Waals surface area (Å²) >= 11 is 0. The van der Waals surface area contributed by atoms with Crippen LogP contribution in [-0.2, 0) is 29.1 Å². The second-order valence-corrected chi connectivity index (χ2v) is 17.4. The van der Waals surface area contributed by atoms with Gasteiger partial charge < -0.3 is 29.9 Å². The van der Waals surface area contributed by atoms with Crippen LogP contribution in [0, 0.1) is 11.3 Å². The Labute approximate surface area is 305 Å². The van der Waals surface area contributed by atoms with Gasteiger partial charge in [-0.25, -0.2) is 13.2 Å². The molecule has 3 aliphatic carbocycles. The first-order chi connectivity index (χ1) is 24.6. The summed E-state index contributed by atoms with van der Waals surface area (Å²) in [6.07, 6.45) is 5.22. The second kappa shape index (κ2) is 14.4. The van der Waals surface area contributed by atoms with E-state index in [2.05, 4.69) is 21.9 Å². The highest BCUT2D eigenvalue weighted by Gasteiger charge is 2.62. The SMILES string of the molecule is C=C[C@@H]1C[C@]1(NC(=O)[C@@H]1CN(c2ccc(-c3ccc(OC)cc3)cc2)CN1C(=O)C(NC(=O)OC1CCCC1)C(C)(C)C)C(=O)NS(=O)(=O)C1CC1. The summed E-state index contributed by atoms with van der Waals surface area (Å²) in [7, 11) is -2.27. The molecule has 4 amide bonds. The fraction of sp³-hybridized carbons (Fsp3) is 0.526. The average molecular weight is 736 g/mol. The zero-order valence-corrected chi connectivity index (χ0v) is 31.0. The molecule has 1 unspecified atom stereocenters. The minimum atomic E-state index is -3.88. The number of nitrogens with one attached hydrogen (secondary N) is 3. The lowest BCUT2D eigenvalue weighted by Crippen LogP contribution is -2.60. The van der Waals surface area contributed by atoms with E-state index in [1.54, 1.807) is 7.11 Å². The molecule has 14 heteroatoms. The van der Waals surface area contributed by atoms with Gasteiger partial charge in [0.05, 0.1) is 19.0 Å². The lowest BCUT2D eigenvalue weighted by atomic mass is 9.85. The summed E-state index contributed by atoms with van der Waals surface area (Å²) in [5, 5.41) is 4.99. The Morgan fingerprint density at radius 1 is 0.962 bits per heavy atom. The van der Waals surface area contributed by atoms with Gasteiger partial charge in [0.25, 0.3) is 5.91 Å². The maximum absolute atomic E-state index is 14.5. The van der Waals surface area contributed by atoms with Gasteiger partial charge in [-0.3, -0.25) is 19.1 Å². The number of carbonyl (C=O) groups excluding carboxylic acids is 4. The number of hydrogen-bond acceptors (Lipinski definition) is 9. The van der Waals surface area contributed by atoms with Crippen molar-refractivity contribution in [2.75, 3.05) is 25.2 Å². The molecule has 0 aromatic heterocycles. The molecule has 6 rings (SSSR count). The molecule has 2 aromatic rings. The monoisotopic (exact) mass is 735 g/mol. The Balaban J connectivity index is 1.26. The molecule has 1 aliphatic heterocycles. The molecule has 4 aliphatic rings. The topological polar surface area (TPSA) is 163 Å². The smallest absolute Gasteiger partial charge is 0.408 e. The molecule has 3 N–H and O–H groups in total. The van der Waals surface area contributed by atoms with E-state index in [0.29, 0.717) is 12.8 Å². The molecular formula is C38H49N5O8S. The van der Waals surface area contributed by atoms with Crippen molar-refractivity contribution in [3.05, 3.63) is 61.2 Å². The van der Waals surface area contributed by atoms with Crippen LogP contribution in [0.1, 0.15) is 65.7 Å². The van der Waals surface area contributed by atoms with Crippen LogP contribution in [0.15, 0.2) is 61.2 Å². The average Bonchev–Trinajstić information content (AvgIpc) is 3.99. The standard InChI is InChI=1S/C38H49N5O8S/c1-6-26-21-38(26,35(46)41-52(48,49)30-19-20-30)40-33(44)31-22-42(27-15-11-24(12-16-27)25-13-17-28(50-5)18-14-25)23-43(31)34(45)32(37(2,3)4)39-36(47)51-29-9-7-8-10-29/h6,11-18,26,29-32H,1,7-10,19-23H2,2-5H3,(H,39,47)(H,40,44)(H,41,46)/t26-,31+,32?,38-/m1/s1. The van der Waals surface area contributed by atoms with E-state index in [-0.39, 0.29) is 25.7 Å². The van der Waals surface area contributed by atoms with Gasteiger partial charge in [-0.15, -0.1) is 6.58 Å². The number of carbonyl (C=O) groups is 4. The number of sulfonamides is 1. The van der Waals surface area contributed by atoms with Crippen LogP contribution >= 0.6 is 0 Å². The molecule has 280 valence electrons. The van der Waals surface area contributed by atoms with Crippen molar-refractivity contribution in [3.63, 3.8) is 0 Å². The molecule has 1 saturated heterocycles. The number of alkyl carbamates (subject to hydrolysis) is 1. The van der Waals surface area contributed by atoms with Crippen molar-refractivity contribution in [3.8, 4) is 16.9 Å². The summed E-state index contributed by atoms with van der Waals surface area (Å²) in [5.74, 6) is -1.67. The van der Waals surface area contributed by atoms with Crippen LogP contribution in [-0.4, -0.2) is 86.4 Å². The van der Waals surface area contributed by atoms with Crippen LogP contribution in [0.2, 0.25) is 0 Å². The summed E-state index contributed by atoms with van der Waals surface area (Å²) in [6, 6.07) is 13.3. The van der Waals surface area contributed by atoms with Crippen molar-refractivity contribution in [1.29, 1.82) is 0 Å². The van der Waals surface area contributed by atoms with Crippen molar-refractivity contribution in [1.82, 2.24) is 20.3 Å². The van der Waals surface area contributed by atoms with Crippen molar-refractivity contribution >= 4 is 39.5 Å². The van der Waals surface area contributed by atoms with Crippen molar-refractivity contribution in [2.24, 2.45) is 11.3 Å². The predicted molar refractivity (Wildman–Crippen MR) is 196 cm³/mol. The third kappa shape index (κ3) is 7.91. The molecular weight excluding hydrogens is 687 g/mol. The van der Waals surface area contributed by atoms with Crippen LogP contribution in [0.5, 0.6) is 5.75 Å². The minimum Gasteiger partial charge on any atom is -0.497 e. The summed E-state index contributed by atoms with van der Waals surface area (Å²) in [5.41, 5.74) is 0.423. The van der Waals surface area contributed by atoms with Gasteiger partial charge in [0.15, 0.2) is 0 Å². The zero-order valence-electron chi connectivity index (χ0n) is 30.2. The summed E-state index contributed by atoms with van der Waals surface area (Å²) < 4.78 is 38.5. The van der Waals surface area contributed by atoms with Crippen molar-refractivity contribution < 1.29 is 37.1 Å². The van der Waals surface area contributed by atoms with Gasteiger partial charge in [-0.05, 0) is 85.8 Å². The Morgan fingerprint density at radius 2 is 1.58 bits per heavy atom. The van der Waals surface area contributed by atoms with Crippen molar-refractivity contribution in [2.45, 2.75) is 94.7 Å². The van der Waals surface area contributed by atoms with E-state index in [0.717, 1.165) is 48.2 Å². The second-order valence-electron chi connectivity index (χ2n) is 15.4. The van der Waals surface area contributed by atoms with Crippen LogP contribution < -0.4 is 25.0 Å². The number of rotatable bonds is 12. The number of methoxy groups -OCH3 is 1. The van der Waals surface area contributed by atoms with E-state index in [4.69, 9.17) is 9.47 Å². The van der Waals surface area contributed by atoms with Gasteiger partial charge in [-0.1, -0.05) is 51.1 Å². The molecule has 0 radical (unpaired) electrons. The number of ether oxygens (including phenoxy) is 2. The zero-order chi connectivity index (χ0) is 37.4. The predicted octanol–water partition coefficient (Wildman–Crippen LogP) is 4.09. The lowest BCUT2D eigenvalue weighted by molar-refractivity contribution is -0.142. The van der Waals surface area contributed by atoms with Crippen LogP contribution in [0.25, 0.3) is 11.1 Å². The molecule has 0 spiro atoms. The third-order valence-electron chi connectivity index (χ3n) is 10.5. The molecule has 13 nitrogen and oxygen atoms in total. The van der Waals surface area contributed by atoms with Gasteiger partial charge in [0.2, 0.25) is 21.8 Å². The fourth-order valence-electron chi connectivity index (χ4n) is 7.07. The molecule has 1 heterocycles. The maximum atomic E-state index is 14.5. The van der Waals surface area contributed by atoms with Gasteiger partial charge in [0.1, 0.15) is 29.5 Å². The maximum Gasteiger partial charge on any atom is 0.408 e. The largest absolute Gasteiger partial charge is 0.497 e. The van der Waals surface area contributed by atoms with E-state index in [1.165, 1.54) is 11.0 Å². The normalized spacial score (nSPS) is 23.8. The molecule has 52 heavy (non-hydrogen) atoms. The Bertz CT molecular complexity index is 1800. The van der Waals surface area contributed by atoms with E-state index >= 15 is 0 Å². The first-order valence-corrected chi connectivity index (χ1v) is 19.5. The number of amides is 4. The van der Waals surface area contributed by atoms with Gasteiger partial charge in [0, 0.05) is 18.2 Å². The van der Waals surface area contributed by atoms with Gasteiger partial charge >= 0.3 is 6.09 Å². The fourth-order valence-corrected chi connectivity index (χ4v) is 8.44.